The summed E-state index contributed by atoms with van der Waals surface area (Å²) in [6, 6.07) is 6.01. The quantitative estimate of drug-likeness (QED) is 0.458. The van der Waals surface area contributed by atoms with Gasteiger partial charge in [-0.2, -0.15) is 0 Å². The summed E-state index contributed by atoms with van der Waals surface area (Å²) in [4.78, 5) is 85.8. The van der Waals surface area contributed by atoms with Crippen LogP contribution in [0.5, 0.6) is 0 Å². The second-order valence-corrected chi connectivity index (χ2v) is 10.7. The molecule has 2 saturated heterocycles. The van der Waals surface area contributed by atoms with Crippen LogP contribution in [-0.4, -0.2) is 45.8 Å². The highest BCUT2D eigenvalue weighted by atomic mass is 16.7. The lowest BCUT2D eigenvalue weighted by atomic mass is 9.85. The van der Waals surface area contributed by atoms with E-state index >= 15 is 0 Å². The number of hydroxylamine groups is 4. The number of carbonyl (C=O) groups is 6. The minimum atomic E-state index is -0.949. The molecule has 1 N–H and O–H groups in total. The number of amides is 5. The fourth-order valence-electron chi connectivity index (χ4n) is 7.11. The van der Waals surface area contributed by atoms with Gasteiger partial charge >= 0.3 is 12.1 Å². The molecule has 8 unspecified atom stereocenters. The molecule has 8 atom stereocenters. The van der Waals surface area contributed by atoms with Gasteiger partial charge in [0.25, 0.3) is 23.6 Å². The largest absolute Gasteiger partial charge is 0.432 e. The molecular weight excluding hydrogens is 494 g/mol. The molecule has 0 radical (unpaired) electrons. The second kappa shape index (κ2) is 8.11. The first-order valence-corrected chi connectivity index (χ1v) is 12.7. The van der Waals surface area contributed by atoms with Crippen LogP contribution in [0.1, 0.15) is 28.8 Å². The minimum absolute atomic E-state index is 0.00623. The van der Waals surface area contributed by atoms with Crippen molar-refractivity contribution < 1.29 is 38.4 Å². The molecule has 6 aliphatic rings. The van der Waals surface area contributed by atoms with Crippen LogP contribution < -0.4 is 5.32 Å². The lowest BCUT2D eigenvalue weighted by molar-refractivity contribution is -0.175. The van der Waals surface area contributed by atoms with Gasteiger partial charge in [-0.05, 0) is 54.2 Å². The van der Waals surface area contributed by atoms with Crippen molar-refractivity contribution in [1.82, 2.24) is 15.4 Å². The summed E-state index contributed by atoms with van der Waals surface area (Å²) in [5.74, 6) is -4.58. The van der Waals surface area contributed by atoms with Crippen molar-refractivity contribution in [3.63, 3.8) is 0 Å². The van der Waals surface area contributed by atoms with E-state index in [9.17, 15) is 28.8 Å². The van der Waals surface area contributed by atoms with Crippen LogP contribution in [0.3, 0.4) is 0 Å². The third-order valence-corrected chi connectivity index (χ3v) is 8.83. The Morgan fingerprint density at radius 2 is 1.11 bits per heavy atom. The van der Waals surface area contributed by atoms with Gasteiger partial charge in [0.1, 0.15) is 0 Å². The molecule has 5 amide bonds. The lowest BCUT2D eigenvalue weighted by Crippen LogP contribution is -2.39. The highest BCUT2D eigenvalue weighted by Gasteiger charge is 2.62. The molecule has 194 valence electrons. The maximum absolute atomic E-state index is 12.7. The Kier molecular flexibility index (Phi) is 4.88. The molecule has 4 aliphatic carbocycles. The number of nitrogens with zero attached hydrogens (tertiary/aromatic N) is 2. The fraction of sp³-hybridized carbons (Fsp3) is 0.407. The molecule has 7 rings (SSSR count). The first-order chi connectivity index (χ1) is 18.3. The van der Waals surface area contributed by atoms with Gasteiger partial charge in [0.2, 0.25) is 0 Å². The molecule has 2 heterocycles. The van der Waals surface area contributed by atoms with Gasteiger partial charge in [-0.1, -0.05) is 36.4 Å². The summed E-state index contributed by atoms with van der Waals surface area (Å²) >= 11 is 0. The third-order valence-electron chi connectivity index (χ3n) is 8.83. The summed E-state index contributed by atoms with van der Waals surface area (Å²) < 4.78 is 0. The average molecular weight is 517 g/mol. The molecule has 2 saturated carbocycles. The van der Waals surface area contributed by atoms with Crippen molar-refractivity contribution in [2.75, 3.05) is 0 Å². The SMILES string of the molecule is O=C(NCc1ccc(C(=O)ON2C(=O)C3C4C=CC(C4)C3C2=O)cc1)ON1C(=O)C2C3C=CC(C3)C2C1=O. The van der Waals surface area contributed by atoms with E-state index in [2.05, 4.69) is 5.32 Å². The summed E-state index contributed by atoms with van der Waals surface area (Å²) in [6.07, 6.45) is 8.42. The normalized spacial score (nSPS) is 35.4. The van der Waals surface area contributed by atoms with E-state index in [1.165, 1.54) is 12.1 Å². The predicted molar refractivity (Wildman–Crippen MR) is 124 cm³/mol. The smallest absolute Gasteiger partial charge is 0.325 e. The molecule has 4 fully saturated rings. The maximum Gasteiger partial charge on any atom is 0.432 e. The van der Waals surface area contributed by atoms with Gasteiger partial charge in [0.15, 0.2) is 0 Å². The van der Waals surface area contributed by atoms with Crippen molar-refractivity contribution in [2.24, 2.45) is 47.3 Å². The van der Waals surface area contributed by atoms with Crippen LogP contribution in [0.2, 0.25) is 0 Å². The van der Waals surface area contributed by atoms with Crippen molar-refractivity contribution in [3.8, 4) is 0 Å². The van der Waals surface area contributed by atoms with Crippen LogP contribution in [0.15, 0.2) is 48.6 Å². The zero-order valence-electron chi connectivity index (χ0n) is 20.0. The molecule has 0 aromatic heterocycles. The Balaban J connectivity index is 0.926. The third kappa shape index (κ3) is 3.20. The molecule has 1 aromatic carbocycles. The molecule has 2 aliphatic heterocycles. The Morgan fingerprint density at radius 3 is 1.55 bits per heavy atom. The second-order valence-electron chi connectivity index (χ2n) is 10.7. The van der Waals surface area contributed by atoms with Gasteiger partial charge in [-0.25, -0.2) is 9.59 Å². The first kappa shape index (κ1) is 22.9. The van der Waals surface area contributed by atoms with Crippen molar-refractivity contribution in [3.05, 3.63) is 59.7 Å². The summed E-state index contributed by atoms with van der Waals surface area (Å²) in [5, 5.41) is 3.66. The van der Waals surface area contributed by atoms with Gasteiger partial charge in [-0.3, -0.25) is 19.2 Å². The van der Waals surface area contributed by atoms with E-state index in [-0.39, 0.29) is 35.8 Å². The summed E-state index contributed by atoms with van der Waals surface area (Å²) in [6.45, 7) is 0.00623. The van der Waals surface area contributed by atoms with Crippen molar-refractivity contribution in [1.29, 1.82) is 0 Å². The number of carbonyl (C=O) groups excluding carboxylic acids is 6. The van der Waals surface area contributed by atoms with Crippen molar-refractivity contribution in [2.45, 2.75) is 19.4 Å². The Labute approximate surface area is 216 Å². The zero-order chi connectivity index (χ0) is 26.3. The van der Waals surface area contributed by atoms with Gasteiger partial charge < -0.3 is 15.0 Å². The highest BCUT2D eigenvalue weighted by molar-refractivity contribution is 6.07. The number of hydrogen-bond donors (Lipinski definition) is 1. The standard InChI is InChI=1S/C27H23N3O8/c31-22-18-14-5-6-15(9-14)19(18)23(32)29(22)37-26(35)13-3-1-12(2-4-13)11-28-27(36)38-30-24(33)20-16-7-8-17(10-16)21(20)25(30)34/h1-8,14-21H,9-11H2,(H,28,36). The first-order valence-electron chi connectivity index (χ1n) is 12.7. The number of fused-ring (bicyclic) bond motifs is 10. The number of hydrogen-bond acceptors (Lipinski definition) is 8. The van der Waals surface area contributed by atoms with E-state index in [1.54, 1.807) is 12.1 Å². The van der Waals surface area contributed by atoms with Crippen LogP contribution in [0.25, 0.3) is 0 Å². The predicted octanol–water partition coefficient (Wildman–Crippen LogP) is 1.51. The fourth-order valence-corrected chi connectivity index (χ4v) is 7.11. The Hall–Kier alpha value is -4.28. The van der Waals surface area contributed by atoms with Gasteiger partial charge in [0.05, 0.1) is 29.2 Å². The van der Waals surface area contributed by atoms with E-state index < -0.39 is 59.4 Å². The van der Waals surface area contributed by atoms with Crippen LogP contribution in [0.4, 0.5) is 4.79 Å². The number of allylic oxidation sites excluding steroid dienone is 4. The topological polar surface area (TPSA) is 139 Å². The molecule has 0 spiro atoms. The average Bonchev–Trinajstić information content (AvgIpc) is 3.76. The monoisotopic (exact) mass is 517 g/mol. The number of rotatable bonds is 5. The Bertz CT molecular complexity index is 1310. The number of nitrogens with one attached hydrogen (secondary N) is 1. The van der Waals surface area contributed by atoms with Gasteiger partial charge in [-0.15, -0.1) is 10.1 Å². The summed E-state index contributed by atoms with van der Waals surface area (Å²) in [7, 11) is 0. The van der Waals surface area contributed by atoms with E-state index in [0.717, 1.165) is 12.8 Å². The van der Waals surface area contributed by atoms with Crippen LogP contribution >= 0.6 is 0 Å². The van der Waals surface area contributed by atoms with Crippen LogP contribution in [0, 0.1) is 47.3 Å². The molecular formula is C27H23N3O8. The summed E-state index contributed by atoms with van der Waals surface area (Å²) in [5.41, 5.74) is 0.723. The van der Waals surface area contributed by atoms with E-state index in [1.807, 2.05) is 24.3 Å². The highest BCUT2D eigenvalue weighted by Crippen LogP contribution is 2.53. The van der Waals surface area contributed by atoms with Crippen molar-refractivity contribution >= 4 is 35.7 Å². The van der Waals surface area contributed by atoms with Crippen LogP contribution in [-0.2, 0) is 35.4 Å². The number of imide groups is 2. The molecule has 11 nitrogen and oxygen atoms in total. The maximum atomic E-state index is 12.7. The Morgan fingerprint density at radius 1 is 0.684 bits per heavy atom. The lowest BCUT2D eigenvalue weighted by Gasteiger charge is -2.16. The zero-order valence-corrected chi connectivity index (χ0v) is 20.0. The van der Waals surface area contributed by atoms with E-state index in [4.69, 9.17) is 9.68 Å². The molecule has 38 heavy (non-hydrogen) atoms. The van der Waals surface area contributed by atoms with Gasteiger partial charge in [0, 0.05) is 6.54 Å². The molecule has 1 aromatic rings. The minimum Gasteiger partial charge on any atom is -0.325 e. The van der Waals surface area contributed by atoms with E-state index in [0.29, 0.717) is 15.7 Å². The number of benzene rings is 1. The molecule has 4 bridgehead atoms. The molecule has 11 heteroatoms.